The molecular formula is C116H66N6O4. The first-order valence-corrected chi connectivity index (χ1v) is 42.7. The summed E-state index contributed by atoms with van der Waals surface area (Å²) in [5, 5.41) is 8.33. The van der Waals surface area contributed by atoms with Crippen molar-refractivity contribution in [1.29, 1.82) is 0 Å². The van der Waals surface area contributed by atoms with E-state index in [1.165, 1.54) is 100 Å². The zero-order chi connectivity index (χ0) is 82.5. The lowest BCUT2D eigenvalue weighted by atomic mass is 9.66. The summed E-state index contributed by atoms with van der Waals surface area (Å²) < 4.78 is 25.4. The maximum Gasteiger partial charge on any atom is 0.167 e. The van der Waals surface area contributed by atoms with Gasteiger partial charge in [-0.2, -0.15) is 0 Å². The van der Waals surface area contributed by atoms with Crippen LogP contribution in [0.5, 0.6) is 0 Å². The minimum absolute atomic E-state index is 0.540. The van der Waals surface area contributed by atoms with E-state index in [1.54, 1.807) is 0 Å². The Bertz CT molecular complexity index is 8670. The van der Waals surface area contributed by atoms with Gasteiger partial charge in [0.15, 0.2) is 34.9 Å². The fourth-order valence-electron chi connectivity index (χ4n) is 21.4. The number of hydrogen-bond acceptors (Lipinski definition) is 10. The molecule has 6 aromatic heterocycles. The SMILES string of the molecule is c1ccc2c(c1)-c1ccccc1C1(c3ccccc3-2)c2ccccc2-c2cc(-c3nc(-c4ccc5c(c4)oc4ccccc45)nc(-c4ccc5oc6ccccc6c5c4)n3)ccc21.c1ccc2c(c1)-c1ccccc1C1(c3ccccc3-2)c2ccccc2-c2cc(-c3nc(-c4ccc5oc6ccccc6c5c4)nc(-c4cccc5c4oc4ccccc45)n3)ccc21. The highest BCUT2D eigenvalue weighted by molar-refractivity contribution is 6.12. The Hall–Kier alpha value is -16.8. The molecule has 0 saturated carbocycles. The molecule has 0 bridgehead atoms. The van der Waals surface area contributed by atoms with Gasteiger partial charge in [0.05, 0.1) is 16.4 Å². The smallest absolute Gasteiger partial charge is 0.167 e. The summed E-state index contributed by atoms with van der Waals surface area (Å²) in [6.07, 6.45) is 0. The molecule has 18 aromatic carbocycles. The average Bonchev–Trinajstić information content (AvgIpc) is 1.52. The molecule has 4 aliphatic rings. The summed E-state index contributed by atoms with van der Waals surface area (Å²) in [6, 6.07) is 142. The zero-order valence-corrected chi connectivity index (χ0v) is 67.4. The van der Waals surface area contributed by atoms with Crippen molar-refractivity contribution in [2.75, 3.05) is 0 Å². The predicted molar refractivity (Wildman–Crippen MR) is 505 cm³/mol. The molecule has 0 radical (unpaired) electrons. The molecule has 4 aliphatic carbocycles. The Morgan fingerprint density at radius 1 is 0.143 bits per heavy atom. The first-order valence-electron chi connectivity index (χ1n) is 42.7. The molecule has 0 aliphatic heterocycles. The van der Waals surface area contributed by atoms with Crippen molar-refractivity contribution >= 4 is 87.8 Å². The molecule has 0 N–H and O–H groups in total. The van der Waals surface area contributed by atoms with Crippen molar-refractivity contribution in [3.63, 3.8) is 0 Å². The van der Waals surface area contributed by atoms with E-state index in [-0.39, 0.29) is 0 Å². The normalized spacial score (nSPS) is 13.2. The van der Waals surface area contributed by atoms with Gasteiger partial charge in [0, 0.05) is 70.9 Å². The molecule has 10 heteroatoms. The highest BCUT2D eigenvalue weighted by Gasteiger charge is 2.52. The topological polar surface area (TPSA) is 130 Å². The van der Waals surface area contributed by atoms with Gasteiger partial charge in [-0.05, 0) is 202 Å². The van der Waals surface area contributed by atoms with Crippen LogP contribution < -0.4 is 0 Å². The van der Waals surface area contributed by atoms with Crippen molar-refractivity contribution in [3.8, 4) is 135 Å². The van der Waals surface area contributed by atoms with Gasteiger partial charge in [0.1, 0.15) is 44.7 Å². The number of rotatable bonds is 6. The number of para-hydroxylation sites is 5. The first kappa shape index (κ1) is 69.9. The van der Waals surface area contributed by atoms with E-state index in [1.807, 2.05) is 109 Å². The Labute approximate surface area is 721 Å². The van der Waals surface area contributed by atoms with Crippen LogP contribution in [0, 0.1) is 0 Å². The number of fused-ring (bicyclic) bond motifs is 36. The van der Waals surface area contributed by atoms with E-state index < -0.39 is 10.8 Å². The summed E-state index contributed by atoms with van der Waals surface area (Å²) in [7, 11) is 0. The largest absolute Gasteiger partial charge is 0.456 e. The molecule has 6 heterocycles. The van der Waals surface area contributed by atoms with Gasteiger partial charge >= 0.3 is 0 Å². The fourth-order valence-corrected chi connectivity index (χ4v) is 21.4. The van der Waals surface area contributed by atoms with Crippen molar-refractivity contribution in [2.45, 2.75) is 10.8 Å². The van der Waals surface area contributed by atoms with Crippen LogP contribution in [0.4, 0.5) is 0 Å². The minimum Gasteiger partial charge on any atom is -0.456 e. The Kier molecular flexibility index (Phi) is 14.9. The summed E-state index contributed by atoms with van der Waals surface area (Å²) in [5.74, 6) is 3.42. The van der Waals surface area contributed by atoms with E-state index in [9.17, 15) is 0 Å². The maximum absolute atomic E-state index is 6.57. The molecule has 0 amide bonds. The lowest BCUT2D eigenvalue weighted by molar-refractivity contribution is 0.668. The third-order valence-corrected chi connectivity index (χ3v) is 26.8. The van der Waals surface area contributed by atoms with Crippen LogP contribution >= 0.6 is 0 Å². The van der Waals surface area contributed by atoms with E-state index in [4.69, 9.17) is 47.6 Å². The molecule has 24 aromatic rings. The Balaban J connectivity index is 0.000000131. The highest BCUT2D eigenvalue weighted by atomic mass is 16.3. The van der Waals surface area contributed by atoms with Crippen molar-refractivity contribution in [3.05, 3.63) is 445 Å². The molecule has 10 nitrogen and oxygen atoms in total. The standard InChI is InChI=1S/2C58H33N3O2/c1-2-15-37-36(14-1)38-16-3-8-23-47(38)58(48-24-9-4-17-39(37)48)49-25-10-5-18-40(49)45-32-34(28-30-50(45)58)55-59-56(35-29-31-53-46(33-35)42-20-7-11-26-51(42)62-53)61-57(60-55)44-22-13-21-43-41-19-6-12-27-52(41)63-54(43)44;1-2-14-38-37(13-1)39-15-3-8-20-47(39)58(48-21-9-4-16-40(38)48)49-22-10-5-17-41(49)45-31-34(26-29-50(45)58)55-59-56(35-27-30-53-46(32-35)43-19-7-12-24-52(43)62-53)61-57(60-55)36-25-28-44-42-18-6-11-23-51(42)63-54(44)33-36/h2*1-33H. The summed E-state index contributed by atoms with van der Waals surface area (Å²) in [6.45, 7) is 0. The van der Waals surface area contributed by atoms with E-state index in [0.29, 0.717) is 34.9 Å². The Morgan fingerprint density at radius 3 is 0.786 bits per heavy atom. The molecule has 0 atom stereocenters. The van der Waals surface area contributed by atoms with Gasteiger partial charge in [0.2, 0.25) is 0 Å². The van der Waals surface area contributed by atoms with Crippen molar-refractivity contribution in [1.82, 2.24) is 29.9 Å². The van der Waals surface area contributed by atoms with Crippen LogP contribution in [-0.2, 0) is 10.8 Å². The lowest BCUT2D eigenvalue weighted by Gasteiger charge is -2.35. The molecule has 0 unspecified atom stereocenters. The average molecular weight is 1610 g/mol. The molecule has 28 rings (SSSR count). The fraction of sp³-hybridized carbons (Fsp3) is 0.0172. The van der Waals surface area contributed by atoms with Gasteiger partial charge in [-0.3, -0.25) is 0 Å². The van der Waals surface area contributed by atoms with Crippen molar-refractivity contribution < 1.29 is 17.7 Å². The van der Waals surface area contributed by atoms with Crippen LogP contribution in [0.1, 0.15) is 44.5 Å². The number of benzene rings is 18. The van der Waals surface area contributed by atoms with Gasteiger partial charge < -0.3 is 17.7 Å². The summed E-state index contributed by atoms with van der Waals surface area (Å²) >= 11 is 0. The first-order chi connectivity index (χ1) is 62.4. The third-order valence-electron chi connectivity index (χ3n) is 26.8. The minimum atomic E-state index is -0.578. The van der Waals surface area contributed by atoms with Crippen LogP contribution in [0.2, 0.25) is 0 Å². The number of hydrogen-bond donors (Lipinski definition) is 0. The second kappa shape index (κ2) is 26.8. The summed E-state index contributed by atoms with van der Waals surface area (Å²) in [4.78, 5) is 31.6. The zero-order valence-electron chi connectivity index (χ0n) is 67.4. The molecule has 0 fully saturated rings. The molecule has 126 heavy (non-hydrogen) atoms. The number of nitrogens with zero attached hydrogens (tertiary/aromatic N) is 6. The second-order valence-electron chi connectivity index (χ2n) is 33.2. The lowest BCUT2D eigenvalue weighted by Crippen LogP contribution is -2.29. The van der Waals surface area contributed by atoms with Crippen LogP contribution in [0.15, 0.2) is 418 Å². The highest BCUT2D eigenvalue weighted by Crippen LogP contribution is 2.64. The van der Waals surface area contributed by atoms with Crippen molar-refractivity contribution in [2.24, 2.45) is 0 Å². The van der Waals surface area contributed by atoms with E-state index in [2.05, 4.69) is 291 Å². The van der Waals surface area contributed by atoms with Crippen LogP contribution in [0.25, 0.3) is 223 Å². The molecule has 0 saturated heterocycles. The van der Waals surface area contributed by atoms with E-state index >= 15 is 0 Å². The van der Waals surface area contributed by atoms with Gasteiger partial charge in [-0.15, -0.1) is 0 Å². The second-order valence-corrected chi connectivity index (χ2v) is 33.2. The van der Waals surface area contributed by atoms with Gasteiger partial charge in [0.25, 0.3) is 0 Å². The molecular weight excluding hydrogens is 1540 g/mol. The van der Waals surface area contributed by atoms with Gasteiger partial charge in [-0.25, -0.2) is 29.9 Å². The number of furan rings is 4. The van der Waals surface area contributed by atoms with Gasteiger partial charge in [-0.1, -0.05) is 309 Å². The van der Waals surface area contributed by atoms with E-state index in [0.717, 1.165) is 132 Å². The predicted octanol–water partition coefficient (Wildman–Crippen LogP) is 29.4. The third kappa shape index (κ3) is 10.1. The number of aromatic nitrogens is 6. The van der Waals surface area contributed by atoms with Crippen LogP contribution in [-0.4, -0.2) is 29.9 Å². The quantitative estimate of drug-likeness (QED) is 0.159. The van der Waals surface area contributed by atoms with Crippen LogP contribution in [0.3, 0.4) is 0 Å². The monoisotopic (exact) mass is 1610 g/mol. The molecule has 2 spiro atoms. The Morgan fingerprint density at radius 2 is 0.389 bits per heavy atom. The summed E-state index contributed by atoms with van der Waals surface area (Å²) in [5.41, 5.74) is 35.3. The maximum atomic E-state index is 6.57. The molecule has 584 valence electrons.